The molecule has 76 valence electrons. The minimum atomic E-state index is -0.535. The molecule has 0 amide bonds. The maximum absolute atomic E-state index is 12.9. The van der Waals surface area contributed by atoms with Crippen LogP contribution in [0.1, 0.15) is 15.9 Å². The van der Waals surface area contributed by atoms with Crippen molar-refractivity contribution >= 4 is 33.5 Å². The van der Waals surface area contributed by atoms with E-state index < -0.39 is 11.8 Å². The first kappa shape index (κ1) is 11.5. The second-order valence-electron chi connectivity index (χ2n) is 2.55. The predicted octanol–water partition coefficient (Wildman–Crippen LogP) is 3.11. The maximum Gasteiger partial charge on any atom is 0.339 e. The van der Waals surface area contributed by atoms with E-state index in [9.17, 15) is 9.18 Å². The van der Waals surface area contributed by atoms with Crippen LogP contribution in [0, 0.1) is 5.82 Å². The number of halogens is 3. The summed E-state index contributed by atoms with van der Waals surface area (Å²) in [5.41, 5.74) is 0.675. The summed E-state index contributed by atoms with van der Waals surface area (Å²) < 4.78 is 17.8. The third-order valence-corrected chi connectivity index (χ3v) is 2.58. The summed E-state index contributed by atoms with van der Waals surface area (Å²) in [6.45, 7) is 0. The van der Waals surface area contributed by atoms with Crippen LogP contribution in [0.4, 0.5) is 4.39 Å². The summed E-state index contributed by atoms with van der Waals surface area (Å²) in [7, 11) is 1.26. The lowest BCUT2D eigenvalue weighted by molar-refractivity contribution is 0.0598. The highest BCUT2D eigenvalue weighted by Gasteiger charge is 2.16. The molecule has 1 aromatic carbocycles. The second-order valence-corrected chi connectivity index (χ2v) is 3.67. The number of carbonyl (C=O) groups excluding carboxylic acids is 1. The summed E-state index contributed by atoms with van der Waals surface area (Å²) in [6.07, 6.45) is 0. The third-order valence-electron chi connectivity index (χ3n) is 1.67. The van der Waals surface area contributed by atoms with Crippen molar-refractivity contribution in [2.24, 2.45) is 0 Å². The highest BCUT2D eigenvalue weighted by atomic mass is 79.9. The molecule has 0 atom stereocenters. The van der Waals surface area contributed by atoms with Crippen LogP contribution in [-0.2, 0) is 10.6 Å². The predicted molar refractivity (Wildman–Crippen MR) is 55.0 cm³/mol. The molecular formula is C9H7BrClFO2. The molecule has 0 aromatic heterocycles. The molecule has 2 nitrogen and oxygen atoms in total. The lowest BCUT2D eigenvalue weighted by Crippen LogP contribution is -2.06. The van der Waals surface area contributed by atoms with Gasteiger partial charge in [0.15, 0.2) is 0 Å². The largest absolute Gasteiger partial charge is 0.465 e. The van der Waals surface area contributed by atoms with Crippen molar-refractivity contribution in [2.75, 3.05) is 7.11 Å². The SMILES string of the molecule is COC(=O)c1c(Br)cc(F)cc1CCl. The van der Waals surface area contributed by atoms with Crippen LogP contribution in [0.3, 0.4) is 0 Å². The van der Waals surface area contributed by atoms with Crippen LogP contribution in [0.5, 0.6) is 0 Å². The second kappa shape index (κ2) is 4.75. The molecule has 0 saturated heterocycles. The Balaban J connectivity index is 3.32. The fraction of sp³-hybridized carbons (Fsp3) is 0.222. The zero-order valence-corrected chi connectivity index (χ0v) is 9.65. The molecule has 0 spiro atoms. The average Bonchev–Trinajstić information content (AvgIpc) is 2.15. The molecule has 0 bridgehead atoms. The highest BCUT2D eigenvalue weighted by Crippen LogP contribution is 2.24. The van der Waals surface area contributed by atoms with Gasteiger partial charge >= 0.3 is 5.97 Å². The smallest absolute Gasteiger partial charge is 0.339 e. The van der Waals surface area contributed by atoms with E-state index in [1.54, 1.807) is 0 Å². The summed E-state index contributed by atoms with van der Waals surface area (Å²) in [6, 6.07) is 2.41. The van der Waals surface area contributed by atoms with E-state index in [1.165, 1.54) is 19.2 Å². The molecule has 0 aliphatic heterocycles. The Morgan fingerprint density at radius 3 is 2.79 bits per heavy atom. The molecule has 1 rings (SSSR count). The minimum absolute atomic E-state index is 0.0563. The zero-order chi connectivity index (χ0) is 10.7. The first-order valence-electron chi connectivity index (χ1n) is 3.72. The Morgan fingerprint density at radius 1 is 1.64 bits per heavy atom. The van der Waals surface area contributed by atoms with Crippen molar-refractivity contribution in [2.45, 2.75) is 5.88 Å². The number of methoxy groups -OCH3 is 1. The number of hydrogen-bond donors (Lipinski definition) is 0. The fourth-order valence-corrected chi connectivity index (χ4v) is 1.91. The first-order chi connectivity index (χ1) is 6.60. The Hall–Kier alpha value is -0.610. The zero-order valence-electron chi connectivity index (χ0n) is 7.31. The lowest BCUT2D eigenvalue weighted by Gasteiger charge is -2.07. The number of ether oxygens (including phenoxy) is 1. The van der Waals surface area contributed by atoms with Crippen LogP contribution in [0.25, 0.3) is 0 Å². The molecule has 0 heterocycles. The average molecular weight is 282 g/mol. The van der Waals surface area contributed by atoms with Crippen molar-refractivity contribution in [1.29, 1.82) is 0 Å². The van der Waals surface area contributed by atoms with Crippen LogP contribution in [0.2, 0.25) is 0 Å². The monoisotopic (exact) mass is 280 g/mol. The Kier molecular flexibility index (Phi) is 3.89. The van der Waals surface area contributed by atoms with Crippen molar-refractivity contribution in [3.8, 4) is 0 Å². The van der Waals surface area contributed by atoms with Crippen LogP contribution < -0.4 is 0 Å². The number of alkyl halides is 1. The maximum atomic E-state index is 12.9. The van der Waals surface area contributed by atoms with Gasteiger partial charge in [0.25, 0.3) is 0 Å². The van der Waals surface area contributed by atoms with Crippen LogP contribution in [0.15, 0.2) is 16.6 Å². The minimum Gasteiger partial charge on any atom is -0.465 e. The van der Waals surface area contributed by atoms with Gasteiger partial charge in [-0.3, -0.25) is 0 Å². The molecule has 0 N–H and O–H groups in total. The van der Waals surface area contributed by atoms with Crippen molar-refractivity contribution in [3.63, 3.8) is 0 Å². The Morgan fingerprint density at radius 2 is 2.29 bits per heavy atom. The first-order valence-corrected chi connectivity index (χ1v) is 5.05. The van der Waals surface area contributed by atoms with E-state index in [2.05, 4.69) is 20.7 Å². The van der Waals surface area contributed by atoms with Crippen molar-refractivity contribution < 1.29 is 13.9 Å². The van der Waals surface area contributed by atoms with Crippen LogP contribution >= 0.6 is 27.5 Å². The normalized spacial score (nSPS) is 10.0. The molecular weight excluding hydrogens is 274 g/mol. The van der Waals surface area contributed by atoms with E-state index in [0.717, 1.165) is 0 Å². The summed E-state index contributed by atoms with van der Waals surface area (Å²) in [4.78, 5) is 11.3. The number of esters is 1. The van der Waals surface area contributed by atoms with Gasteiger partial charge in [-0.1, -0.05) is 0 Å². The van der Waals surface area contributed by atoms with Gasteiger partial charge in [0, 0.05) is 10.4 Å². The van der Waals surface area contributed by atoms with Gasteiger partial charge < -0.3 is 4.74 Å². The highest BCUT2D eigenvalue weighted by molar-refractivity contribution is 9.10. The molecule has 0 aliphatic rings. The van der Waals surface area contributed by atoms with Gasteiger partial charge in [0.2, 0.25) is 0 Å². The molecule has 0 fully saturated rings. The quantitative estimate of drug-likeness (QED) is 0.615. The van der Waals surface area contributed by atoms with E-state index in [-0.39, 0.29) is 11.4 Å². The van der Waals surface area contributed by atoms with Gasteiger partial charge in [0.1, 0.15) is 5.82 Å². The number of carbonyl (C=O) groups is 1. The third kappa shape index (κ3) is 2.25. The van der Waals surface area contributed by atoms with Crippen LogP contribution in [-0.4, -0.2) is 13.1 Å². The summed E-state index contributed by atoms with van der Waals surface area (Å²) in [5, 5.41) is 0. The van der Waals surface area contributed by atoms with Gasteiger partial charge in [-0.2, -0.15) is 0 Å². The molecule has 5 heteroatoms. The van der Waals surface area contributed by atoms with E-state index in [1.807, 2.05) is 0 Å². The van der Waals surface area contributed by atoms with Gasteiger partial charge in [-0.05, 0) is 33.6 Å². The molecule has 0 aliphatic carbocycles. The lowest BCUT2D eigenvalue weighted by atomic mass is 10.1. The van der Waals surface area contributed by atoms with Gasteiger partial charge in [0.05, 0.1) is 12.7 Å². The number of benzene rings is 1. The van der Waals surface area contributed by atoms with E-state index in [4.69, 9.17) is 11.6 Å². The van der Waals surface area contributed by atoms with Crippen molar-refractivity contribution in [1.82, 2.24) is 0 Å². The number of rotatable bonds is 2. The van der Waals surface area contributed by atoms with Gasteiger partial charge in [-0.25, -0.2) is 9.18 Å². The number of hydrogen-bond acceptors (Lipinski definition) is 2. The standard InChI is InChI=1S/C9H7BrClFO2/c1-14-9(13)8-5(4-11)2-6(12)3-7(8)10/h2-3H,4H2,1H3. The molecule has 0 unspecified atom stereocenters. The Bertz CT molecular complexity index is 368. The van der Waals surface area contributed by atoms with Gasteiger partial charge in [-0.15, -0.1) is 11.6 Å². The van der Waals surface area contributed by atoms with E-state index in [0.29, 0.717) is 10.0 Å². The fourth-order valence-electron chi connectivity index (χ4n) is 1.06. The topological polar surface area (TPSA) is 26.3 Å². The molecule has 0 radical (unpaired) electrons. The summed E-state index contributed by atoms with van der Waals surface area (Å²) >= 11 is 8.66. The molecule has 0 saturated carbocycles. The summed E-state index contributed by atoms with van der Waals surface area (Å²) in [5.74, 6) is -0.923. The van der Waals surface area contributed by atoms with E-state index >= 15 is 0 Å². The van der Waals surface area contributed by atoms with Crippen molar-refractivity contribution in [3.05, 3.63) is 33.5 Å². The Labute approximate surface area is 94.1 Å². The molecule has 1 aromatic rings. The molecule has 14 heavy (non-hydrogen) atoms.